The average Bonchev–Trinajstić information content (AvgIpc) is 1.70. The Hall–Kier alpha value is -4.83. The fourth-order valence-corrected chi connectivity index (χ4v) is 10.5. The summed E-state index contributed by atoms with van der Waals surface area (Å²) in [6.45, 7) is 2.26. The summed E-state index contributed by atoms with van der Waals surface area (Å²) in [5.41, 5.74) is 0. The van der Waals surface area contributed by atoms with Crippen molar-refractivity contribution in [3.8, 4) is 0 Å². The van der Waals surface area contributed by atoms with Gasteiger partial charge in [0, 0.05) is 19.3 Å². The van der Waals surface area contributed by atoms with Crippen LogP contribution >= 0.6 is 15.6 Å². The Morgan fingerprint density at radius 3 is 0.832 bits per heavy atom. The van der Waals surface area contributed by atoms with Crippen LogP contribution in [-0.4, -0.2) is 95.9 Å². The van der Waals surface area contributed by atoms with E-state index in [2.05, 4.69) is 179 Å². The molecular weight excluding hydrogens is 1240 g/mol. The molecule has 18 heteroatoms. The number of aliphatic hydroxyl groups is 2. The lowest BCUT2D eigenvalue weighted by Crippen LogP contribution is -2.30. The Morgan fingerprint density at radius 2 is 0.526 bits per heavy atom. The number of phosphoric acid groups is 2. The lowest BCUT2D eigenvalue weighted by atomic mass is 10.1. The zero-order chi connectivity index (χ0) is 69.5. The summed E-state index contributed by atoms with van der Waals surface area (Å²) in [4.78, 5) is 58.5. The van der Waals surface area contributed by atoms with Gasteiger partial charge in [-0.3, -0.25) is 32.5 Å². The van der Waals surface area contributed by atoms with Gasteiger partial charge in [0.15, 0.2) is 6.10 Å². The van der Waals surface area contributed by atoms with E-state index < -0.39 is 91.5 Å². The number of allylic oxidation sites excluding steroid dienone is 26. The third-order valence-electron chi connectivity index (χ3n) is 14.2. The Bertz CT molecular complexity index is 2360. The molecule has 16 nitrogen and oxygen atoms in total. The van der Waals surface area contributed by atoms with Gasteiger partial charge in [-0.25, -0.2) is 9.13 Å². The number of rotatable bonds is 66. The van der Waals surface area contributed by atoms with Crippen molar-refractivity contribution in [3.63, 3.8) is 0 Å². The van der Waals surface area contributed by atoms with Gasteiger partial charge in [0.05, 0.1) is 26.4 Å². The maximum Gasteiger partial charge on any atom is 0.472 e. The van der Waals surface area contributed by atoms with Crippen molar-refractivity contribution in [3.05, 3.63) is 158 Å². The molecule has 4 N–H and O–H groups in total. The monoisotopic (exact) mass is 1370 g/mol. The molecule has 0 rings (SSSR count). The van der Waals surface area contributed by atoms with Crippen LogP contribution in [0.25, 0.3) is 0 Å². The van der Waals surface area contributed by atoms with Crippen molar-refractivity contribution in [2.75, 3.05) is 39.6 Å². The average molecular weight is 1370 g/mol. The second-order valence-electron chi connectivity index (χ2n) is 23.2. The number of carbonyl (C=O) groups excluding carboxylic acids is 3. The molecule has 0 saturated carbocycles. The molecule has 0 aliphatic heterocycles. The summed E-state index contributed by atoms with van der Waals surface area (Å²) in [5.74, 6) is -1.63. The van der Waals surface area contributed by atoms with Crippen molar-refractivity contribution in [2.45, 2.75) is 270 Å². The Morgan fingerprint density at radius 1 is 0.295 bits per heavy atom. The van der Waals surface area contributed by atoms with E-state index in [1.54, 1.807) is 0 Å². The van der Waals surface area contributed by atoms with Crippen LogP contribution in [-0.2, 0) is 55.8 Å². The summed E-state index contributed by atoms with van der Waals surface area (Å²) in [6, 6.07) is 0. The van der Waals surface area contributed by atoms with E-state index in [-0.39, 0.29) is 19.3 Å². The molecule has 0 aliphatic carbocycles. The minimum atomic E-state index is -4.94. The number of carbonyl (C=O) groups is 3. The maximum absolute atomic E-state index is 13.0. The molecule has 0 saturated heterocycles. The standard InChI is InChI=1S/C77H126O16P2/c1-4-7-10-13-16-19-22-25-28-31-34-35-38-40-42-45-48-51-54-57-60-63-75(80)87-66-72(78)67-89-94(83,84)90-68-73(79)69-91-95(85,86)92-71-74(93-77(82)65-62-59-56-53-50-47-44-41-37-33-30-27-24-21-18-15-12-9-6-3)70-88-76(81)64-61-58-55-52-49-46-43-39-36-32-29-26-23-20-17-14-11-8-5-2/h7-12,16-21,25-30,34-37,39-42,72-74,78-79H,4-6,13-15,22-24,31-33,38,43-71H2,1-3H3,(H,83,84)(H,85,86)/b10-7-,11-8-,12-9-,19-16-,20-17-,21-18-,28-25-,29-26-,30-27-,35-34-,39-36-,41-37-,42-40-. The van der Waals surface area contributed by atoms with Gasteiger partial charge in [0.25, 0.3) is 0 Å². The molecule has 5 unspecified atom stereocenters. The molecule has 0 aromatic carbocycles. The predicted octanol–water partition coefficient (Wildman–Crippen LogP) is 20.3. The highest BCUT2D eigenvalue weighted by Gasteiger charge is 2.29. The van der Waals surface area contributed by atoms with Gasteiger partial charge in [-0.15, -0.1) is 0 Å². The minimum absolute atomic E-state index is 0.0785. The molecule has 0 fully saturated rings. The van der Waals surface area contributed by atoms with Crippen LogP contribution in [0.3, 0.4) is 0 Å². The number of phosphoric ester groups is 2. The molecule has 0 aromatic heterocycles. The van der Waals surface area contributed by atoms with Gasteiger partial charge in [-0.1, -0.05) is 249 Å². The molecule has 0 spiro atoms. The van der Waals surface area contributed by atoms with E-state index in [9.17, 15) is 43.5 Å². The highest BCUT2D eigenvalue weighted by atomic mass is 31.2. The van der Waals surface area contributed by atoms with Crippen molar-refractivity contribution in [1.82, 2.24) is 0 Å². The van der Waals surface area contributed by atoms with E-state index in [1.807, 2.05) is 0 Å². The number of hydrogen-bond acceptors (Lipinski definition) is 14. The quantitative estimate of drug-likeness (QED) is 0.0146. The van der Waals surface area contributed by atoms with Crippen LogP contribution in [0.15, 0.2) is 158 Å². The lowest BCUT2D eigenvalue weighted by molar-refractivity contribution is -0.161. The van der Waals surface area contributed by atoms with Gasteiger partial charge < -0.3 is 34.2 Å². The number of esters is 3. The first-order valence-electron chi connectivity index (χ1n) is 35.8. The zero-order valence-corrected chi connectivity index (χ0v) is 60.3. The van der Waals surface area contributed by atoms with Crippen LogP contribution in [0, 0.1) is 0 Å². The van der Waals surface area contributed by atoms with Crippen molar-refractivity contribution in [2.24, 2.45) is 0 Å². The Kier molecular flexibility index (Phi) is 65.6. The Balaban J connectivity index is 4.76. The first-order chi connectivity index (χ1) is 46.2. The molecule has 95 heavy (non-hydrogen) atoms. The lowest BCUT2D eigenvalue weighted by Gasteiger charge is -2.21. The fraction of sp³-hybridized carbons (Fsp3) is 0.623. The first-order valence-corrected chi connectivity index (χ1v) is 38.8. The number of unbranched alkanes of at least 4 members (excludes halogenated alkanes) is 17. The van der Waals surface area contributed by atoms with Gasteiger partial charge in [0.1, 0.15) is 25.4 Å². The maximum atomic E-state index is 13.0. The van der Waals surface area contributed by atoms with Crippen LogP contribution in [0.2, 0.25) is 0 Å². The van der Waals surface area contributed by atoms with E-state index >= 15 is 0 Å². The van der Waals surface area contributed by atoms with Gasteiger partial charge in [0.2, 0.25) is 0 Å². The van der Waals surface area contributed by atoms with Crippen molar-refractivity contribution >= 4 is 33.6 Å². The van der Waals surface area contributed by atoms with E-state index in [4.69, 9.17) is 32.3 Å². The summed E-state index contributed by atoms with van der Waals surface area (Å²) in [6.07, 6.45) is 84.2. The van der Waals surface area contributed by atoms with E-state index in [0.717, 1.165) is 193 Å². The SMILES string of the molecule is CC/C=C\C/C=C\C/C=C\C/C=C\C/C=C\CCCCCCCC(=O)OCC(O)COP(=O)(O)OCC(O)COP(=O)(O)OCC(COC(=O)CCCCCCCC/C=C\C/C=C\C/C=C\C/C=C\CC)OC(=O)CCCCCCCC/C=C\C/C=C\C/C=C\C/C=C\CC. The summed E-state index contributed by atoms with van der Waals surface area (Å²) >= 11 is 0. The topological polar surface area (TPSA) is 231 Å². The molecular formula is C77H126O16P2. The Labute approximate surface area is 574 Å². The van der Waals surface area contributed by atoms with Gasteiger partial charge in [-0.2, -0.15) is 0 Å². The van der Waals surface area contributed by atoms with Crippen LogP contribution < -0.4 is 0 Å². The van der Waals surface area contributed by atoms with Crippen molar-refractivity contribution < 1.29 is 75.8 Å². The van der Waals surface area contributed by atoms with Crippen LogP contribution in [0.5, 0.6) is 0 Å². The molecule has 0 aliphatic rings. The fourth-order valence-electron chi connectivity index (χ4n) is 8.87. The molecule has 0 bridgehead atoms. The van der Waals surface area contributed by atoms with Gasteiger partial charge >= 0.3 is 33.6 Å². The molecule has 0 amide bonds. The first kappa shape index (κ1) is 90.2. The van der Waals surface area contributed by atoms with E-state index in [1.165, 1.54) is 0 Å². The summed E-state index contributed by atoms with van der Waals surface area (Å²) < 4.78 is 61.0. The minimum Gasteiger partial charge on any atom is -0.463 e. The van der Waals surface area contributed by atoms with Crippen LogP contribution in [0.1, 0.15) is 252 Å². The largest absolute Gasteiger partial charge is 0.472 e. The predicted molar refractivity (Wildman–Crippen MR) is 389 cm³/mol. The van der Waals surface area contributed by atoms with Crippen molar-refractivity contribution in [1.29, 1.82) is 0 Å². The second-order valence-corrected chi connectivity index (χ2v) is 26.1. The number of aliphatic hydroxyl groups excluding tert-OH is 2. The normalized spacial score (nSPS) is 15.1. The van der Waals surface area contributed by atoms with Crippen LogP contribution in [0.4, 0.5) is 0 Å². The number of hydrogen-bond donors (Lipinski definition) is 4. The second kappa shape index (κ2) is 69.1. The molecule has 0 radical (unpaired) electrons. The highest BCUT2D eigenvalue weighted by Crippen LogP contribution is 2.45. The zero-order valence-electron chi connectivity index (χ0n) is 58.5. The summed E-state index contributed by atoms with van der Waals surface area (Å²) in [5, 5.41) is 20.6. The smallest absolute Gasteiger partial charge is 0.463 e. The molecule has 0 aromatic rings. The molecule has 0 heterocycles. The molecule has 540 valence electrons. The summed E-state index contributed by atoms with van der Waals surface area (Å²) in [7, 11) is -9.81. The third-order valence-corrected chi connectivity index (χ3v) is 16.1. The van der Waals surface area contributed by atoms with Gasteiger partial charge in [-0.05, 0) is 141 Å². The van der Waals surface area contributed by atoms with E-state index in [0.29, 0.717) is 19.3 Å². The number of ether oxygens (including phenoxy) is 3. The highest BCUT2D eigenvalue weighted by molar-refractivity contribution is 7.47. The third kappa shape index (κ3) is 70.3. The molecule has 5 atom stereocenters.